The fraction of sp³-hybridized carbons (Fsp3) is 0.231. The maximum atomic E-state index is 11.3. The number of hydrogen-bond acceptors (Lipinski definition) is 5. The molecule has 0 fully saturated rings. The lowest BCUT2D eigenvalue weighted by atomic mass is 10.2. The SMILES string of the molecule is COC(=O)c1csc(N(C)c2cccc(C)c2)n1. The lowest BCUT2D eigenvalue weighted by Crippen LogP contribution is -2.10. The van der Waals surface area contributed by atoms with Crippen LogP contribution in [0.4, 0.5) is 10.8 Å². The van der Waals surface area contributed by atoms with Gasteiger partial charge in [0, 0.05) is 18.1 Å². The van der Waals surface area contributed by atoms with Gasteiger partial charge in [-0.3, -0.25) is 0 Å². The number of hydrogen-bond donors (Lipinski definition) is 0. The van der Waals surface area contributed by atoms with Gasteiger partial charge in [0.25, 0.3) is 0 Å². The van der Waals surface area contributed by atoms with Crippen LogP contribution in [0.3, 0.4) is 0 Å². The van der Waals surface area contributed by atoms with Crippen LogP contribution in [0.25, 0.3) is 0 Å². The van der Waals surface area contributed by atoms with E-state index in [0.717, 1.165) is 10.8 Å². The number of rotatable bonds is 3. The molecular formula is C13H14N2O2S. The van der Waals surface area contributed by atoms with Crippen molar-refractivity contribution in [3.8, 4) is 0 Å². The van der Waals surface area contributed by atoms with E-state index in [-0.39, 0.29) is 0 Å². The molecule has 1 aromatic carbocycles. The third-order valence-corrected chi connectivity index (χ3v) is 3.48. The predicted octanol–water partition coefficient (Wildman–Crippen LogP) is 3.01. The zero-order valence-corrected chi connectivity index (χ0v) is 11.3. The molecule has 0 spiro atoms. The maximum absolute atomic E-state index is 11.3. The monoisotopic (exact) mass is 262 g/mol. The van der Waals surface area contributed by atoms with Crippen molar-refractivity contribution in [1.29, 1.82) is 0 Å². The van der Waals surface area contributed by atoms with Gasteiger partial charge in [-0.2, -0.15) is 0 Å². The van der Waals surface area contributed by atoms with Crippen molar-refractivity contribution in [1.82, 2.24) is 4.98 Å². The Morgan fingerprint density at radius 1 is 1.44 bits per heavy atom. The third kappa shape index (κ3) is 2.51. The molecule has 4 nitrogen and oxygen atoms in total. The molecule has 1 aromatic heterocycles. The summed E-state index contributed by atoms with van der Waals surface area (Å²) in [4.78, 5) is 17.5. The molecule has 0 aliphatic rings. The summed E-state index contributed by atoms with van der Waals surface area (Å²) < 4.78 is 4.64. The second-order valence-corrected chi connectivity index (χ2v) is 4.74. The lowest BCUT2D eigenvalue weighted by molar-refractivity contribution is 0.0595. The van der Waals surface area contributed by atoms with Crippen molar-refractivity contribution in [3.63, 3.8) is 0 Å². The second kappa shape index (κ2) is 5.18. The molecule has 0 N–H and O–H groups in total. The van der Waals surface area contributed by atoms with Gasteiger partial charge in [-0.1, -0.05) is 12.1 Å². The van der Waals surface area contributed by atoms with Gasteiger partial charge in [0.1, 0.15) is 0 Å². The van der Waals surface area contributed by atoms with Crippen LogP contribution in [-0.2, 0) is 4.74 Å². The smallest absolute Gasteiger partial charge is 0.357 e. The molecule has 0 bridgehead atoms. The molecule has 0 aliphatic carbocycles. The van der Waals surface area contributed by atoms with Gasteiger partial charge in [0.05, 0.1) is 7.11 Å². The fourth-order valence-corrected chi connectivity index (χ4v) is 2.34. The summed E-state index contributed by atoms with van der Waals surface area (Å²) in [6.45, 7) is 2.04. The van der Waals surface area contributed by atoms with Crippen LogP contribution < -0.4 is 4.90 Å². The van der Waals surface area contributed by atoms with Gasteiger partial charge < -0.3 is 9.64 Å². The standard InChI is InChI=1S/C13H14N2O2S/c1-9-5-4-6-10(7-9)15(2)13-14-11(8-18-13)12(16)17-3/h4-8H,1-3H3. The first-order valence-corrected chi connectivity index (χ1v) is 6.34. The van der Waals surface area contributed by atoms with E-state index < -0.39 is 5.97 Å². The van der Waals surface area contributed by atoms with E-state index >= 15 is 0 Å². The van der Waals surface area contributed by atoms with Gasteiger partial charge in [-0.15, -0.1) is 11.3 Å². The first-order valence-electron chi connectivity index (χ1n) is 5.46. The van der Waals surface area contributed by atoms with Crippen LogP contribution in [0.15, 0.2) is 29.6 Å². The first-order chi connectivity index (χ1) is 8.61. The average molecular weight is 262 g/mol. The highest BCUT2D eigenvalue weighted by atomic mass is 32.1. The van der Waals surface area contributed by atoms with E-state index in [1.807, 2.05) is 37.1 Å². The van der Waals surface area contributed by atoms with Crippen LogP contribution in [0, 0.1) is 6.92 Å². The van der Waals surface area contributed by atoms with Crippen molar-refractivity contribution in [3.05, 3.63) is 40.9 Å². The Kier molecular flexibility index (Phi) is 3.62. The molecule has 5 heteroatoms. The molecule has 2 aromatic rings. The number of ether oxygens (including phenoxy) is 1. The topological polar surface area (TPSA) is 42.4 Å². The summed E-state index contributed by atoms with van der Waals surface area (Å²) in [6, 6.07) is 8.11. The van der Waals surface area contributed by atoms with Gasteiger partial charge in [-0.25, -0.2) is 9.78 Å². The molecule has 0 saturated heterocycles. The number of methoxy groups -OCH3 is 1. The van der Waals surface area contributed by atoms with Gasteiger partial charge >= 0.3 is 5.97 Å². The molecular weight excluding hydrogens is 248 g/mol. The number of aromatic nitrogens is 1. The summed E-state index contributed by atoms with van der Waals surface area (Å²) in [7, 11) is 3.28. The minimum absolute atomic E-state index is 0.344. The van der Waals surface area contributed by atoms with Crippen molar-refractivity contribution in [2.75, 3.05) is 19.1 Å². The van der Waals surface area contributed by atoms with Crippen LogP contribution in [0.2, 0.25) is 0 Å². The summed E-state index contributed by atoms with van der Waals surface area (Å²) >= 11 is 1.42. The number of thiazole rings is 1. The average Bonchev–Trinajstić information content (AvgIpc) is 2.86. The van der Waals surface area contributed by atoms with Crippen molar-refractivity contribution in [2.24, 2.45) is 0 Å². The number of esters is 1. The molecule has 0 amide bonds. The summed E-state index contributed by atoms with van der Waals surface area (Å²) in [6.07, 6.45) is 0. The Bertz CT molecular complexity index is 566. The Hall–Kier alpha value is -1.88. The van der Waals surface area contributed by atoms with E-state index in [0.29, 0.717) is 5.69 Å². The van der Waals surface area contributed by atoms with Crippen molar-refractivity contribution < 1.29 is 9.53 Å². The van der Waals surface area contributed by atoms with Crippen LogP contribution in [0.5, 0.6) is 0 Å². The summed E-state index contributed by atoms with van der Waals surface area (Å²) in [5.41, 5.74) is 2.57. The van der Waals surface area contributed by atoms with Gasteiger partial charge in [0.2, 0.25) is 0 Å². The molecule has 0 atom stereocenters. The highest BCUT2D eigenvalue weighted by Crippen LogP contribution is 2.27. The normalized spacial score (nSPS) is 10.2. The van der Waals surface area contributed by atoms with Crippen molar-refractivity contribution in [2.45, 2.75) is 6.92 Å². The maximum Gasteiger partial charge on any atom is 0.357 e. The number of nitrogens with zero attached hydrogens (tertiary/aromatic N) is 2. The molecule has 0 radical (unpaired) electrons. The number of aryl methyl sites for hydroxylation is 1. The Morgan fingerprint density at radius 2 is 2.22 bits per heavy atom. The van der Waals surface area contributed by atoms with Gasteiger partial charge in [0.15, 0.2) is 10.8 Å². The largest absolute Gasteiger partial charge is 0.464 e. The second-order valence-electron chi connectivity index (χ2n) is 3.90. The van der Waals surface area contributed by atoms with Crippen LogP contribution in [0.1, 0.15) is 16.1 Å². The van der Waals surface area contributed by atoms with E-state index in [1.165, 1.54) is 24.0 Å². The molecule has 18 heavy (non-hydrogen) atoms. The molecule has 94 valence electrons. The number of anilines is 2. The summed E-state index contributed by atoms with van der Waals surface area (Å²) in [5, 5.41) is 2.47. The Balaban J connectivity index is 2.26. The number of benzene rings is 1. The van der Waals surface area contributed by atoms with Crippen LogP contribution in [-0.4, -0.2) is 25.1 Å². The van der Waals surface area contributed by atoms with E-state index in [2.05, 4.69) is 15.8 Å². The first kappa shape index (κ1) is 12.6. The van der Waals surface area contributed by atoms with E-state index in [1.54, 1.807) is 5.38 Å². The van der Waals surface area contributed by atoms with Gasteiger partial charge in [-0.05, 0) is 24.6 Å². The molecule has 0 saturated carbocycles. The highest BCUT2D eigenvalue weighted by molar-refractivity contribution is 7.14. The molecule has 0 aliphatic heterocycles. The minimum atomic E-state index is -0.407. The zero-order chi connectivity index (χ0) is 13.1. The fourth-order valence-electron chi connectivity index (χ4n) is 1.56. The van der Waals surface area contributed by atoms with E-state index in [9.17, 15) is 4.79 Å². The zero-order valence-electron chi connectivity index (χ0n) is 10.5. The number of carbonyl (C=O) groups is 1. The van der Waals surface area contributed by atoms with E-state index in [4.69, 9.17) is 0 Å². The quantitative estimate of drug-likeness (QED) is 0.797. The molecule has 0 unspecified atom stereocenters. The third-order valence-electron chi connectivity index (χ3n) is 2.56. The predicted molar refractivity (Wildman–Crippen MR) is 72.7 cm³/mol. The summed E-state index contributed by atoms with van der Waals surface area (Å²) in [5.74, 6) is -0.407. The molecule has 2 rings (SSSR count). The Morgan fingerprint density at radius 3 is 2.89 bits per heavy atom. The highest BCUT2D eigenvalue weighted by Gasteiger charge is 2.14. The lowest BCUT2D eigenvalue weighted by Gasteiger charge is -2.16. The molecule has 1 heterocycles. The Labute approximate surface area is 110 Å². The minimum Gasteiger partial charge on any atom is -0.464 e. The van der Waals surface area contributed by atoms with Crippen LogP contribution >= 0.6 is 11.3 Å². The number of carbonyl (C=O) groups excluding carboxylic acids is 1. The van der Waals surface area contributed by atoms with Crippen molar-refractivity contribution >= 4 is 28.1 Å².